The van der Waals surface area contributed by atoms with Crippen molar-refractivity contribution in [1.82, 2.24) is 4.98 Å². The zero-order chi connectivity index (χ0) is 9.80. The van der Waals surface area contributed by atoms with Crippen molar-refractivity contribution < 1.29 is 9.15 Å². The van der Waals surface area contributed by atoms with Gasteiger partial charge in [0.25, 0.3) is 0 Å². The second-order valence-corrected chi connectivity index (χ2v) is 3.11. The summed E-state index contributed by atoms with van der Waals surface area (Å²) in [6, 6.07) is 7.30. The van der Waals surface area contributed by atoms with E-state index in [1.54, 1.807) is 6.07 Å². The first-order valence-corrected chi connectivity index (χ1v) is 4.48. The molecule has 0 aliphatic carbocycles. The second-order valence-electron chi connectivity index (χ2n) is 2.70. The summed E-state index contributed by atoms with van der Waals surface area (Å²) >= 11 is 5.90. The first-order valence-electron chi connectivity index (χ1n) is 4.10. The van der Waals surface area contributed by atoms with Crippen LogP contribution in [0.15, 0.2) is 41.3 Å². The fourth-order valence-electron chi connectivity index (χ4n) is 1.02. The molecule has 0 atom stereocenters. The van der Waals surface area contributed by atoms with Crippen LogP contribution in [-0.2, 0) is 6.61 Å². The number of nitrogens with zero attached hydrogens (tertiary/aromatic N) is 1. The van der Waals surface area contributed by atoms with Gasteiger partial charge >= 0.3 is 0 Å². The molecular formula is C10H8ClNO2. The Hall–Kier alpha value is -1.48. The lowest BCUT2D eigenvalue weighted by molar-refractivity contribution is 0.301. The van der Waals surface area contributed by atoms with Crippen molar-refractivity contribution >= 4 is 11.6 Å². The molecule has 0 amide bonds. The summed E-state index contributed by atoms with van der Waals surface area (Å²) in [5.74, 6) is 0.650. The summed E-state index contributed by atoms with van der Waals surface area (Å²) in [4.78, 5) is 3.93. The summed E-state index contributed by atoms with van der Waals surface area (Å²) in [5.41, 5.74) is 0.741. The van der Waals surface area contributed by atoms with E-state index in [2.05, 4.69) is 4.98 Å². The van der Waals surface area contributed by atoms with E-state index in [-0.39, 0.29) is 0 Å². The minimum absolute atomic E-state index is 0.361. The van der Waals surface area contributed by atoms with E-state index in [0.717, 1.165) is 5.69 Å². The summed E-state index contributed by atoms with van der Waals surface area (Å²) in [6.07, 6.45) is 2.90. The minimum atomic E-state index is 0.361. The third kappa shape index (κ3) is 2.06. The van der Waals surface area contributed by atoms with Crippen molar-refractivity contribution in [3.63, 3.8) is 0 Å². The standard InChI is InChI=1S/C10H8ClNO2/c11-9-3-1-2-4-10(9)14-6-8-5-13-7-12-8/h1-5,7H,6H2. The van der Waals surface area contributed by atoms with E-state index in [0.29, 0.717) is 17.4 Å². The molecule has 72 valence electrons. The molecule has 0 N–H and O–H groups in total. The molecule has 2 aromatic rings. The van der Waals surface area contributed by atoms with Gasteiger partial charge in [-0.1, -0.05) is 23.7 Å². The van der Waals surface area contributed by atoms with Gasteiger partial charge < -0.3 is 9.15 Å². The minimum Gasteiger partial charge on any atom is -0.486 e. The lowest BCUT2D eigenvalue weighted by atomic mass is 10.3. The lowest BCUT2D eigenvalue weighted by Crippen LogP contribution is -1.95. The quantitative estimate of drug-likeness (QED) is 0.780. The summed E-state index contributed by atoms with van der Waals surface area (Å²) in [7, 11) is 0. The maximum absolute atomic E-state index is 5.90. The summed E-state index contributed by atoms with van der Waals surface area (Å²) in [6.45, 7) is 0.361. The Bertz CT molecular complexity index is 400. The van der Waals surface area contributed by atoms with Crippen molar-refractivity contribution in [1.29, 1.82) is 0 Å². The van der Waals surface area contributed by atoms with Crippen LogP contribution < -0.4 is 4.74 Å². The molecule has 0 aliphatic rings. The molecule has 1 heterocycles. The molecule has 0 saturated heterocycles. The van der Waals surface area contributed by atoms with Crippen LogP contribution in [0.2, 0.25) is 5.02 Å². The van der Waals surface area contributed by atoms with Crippen LogP contribution in [0, 0.1) is 0 Å². The van der Waals surface area contributed by atoms with Crippen molar-refractivity contribution in [3.8, 4) is 5.75 Å². The van der Waals surface area contributed by atoms with Gasteiger partial charge in [0, 0.05) is 0 Å². The second kappa shape index (κ2) is 4.15. The molecule has 0 spiro atoms. The van der Waals surface area contributed by atoms with Gasteiger partial charge in [0.05, 0.1) is 5.02 Å². The predicted molar refractivity (Wildman–Crippen MR) is 52.3 cm³/mol. The molecule has 1 aromatic heterocycles. The Balaban J connectivity index is 2.02. The van der Waals surface area contributed by atoms with Crippen LogP contribution in [0.3, 0.4) is 0 Å². The molecule has 0 fully saturated rings. The maximum Gasteiger partial charge on any atom is 0.180 e. The summed E-state index contributed by atoms with van der Waals surface area (Å²) < 4.78 is 10.2. The van der Waals surface area contributed by atoms with Crippen LogP contribution in [0.25, 0.3) is 0 Å². The number of aromatic nitrogens is 1. The number of halogens is 1. The molecule has 14 heavy (non-hydrogen) atoms. The van der Waals surface area contributed by atoms with Gasteiger partial charge in [-0.05, 0) is 12.1 Å². The van der Waals surface area contributed by atoms with E-state index in [4.69, 9.17) is 20.8 Å². The highest BCUT2D eigenvalue weighted by Crippen LogP contribution is 2.23. The third-order valence-electron chi connectivity index (χ3n) is 1.70. The number of ether oxygens (including phenoxy) is 1. The Kier molecular flexibility index (Phi) is 2.70. The Morgan fingerprint density at radius 2 is 2.21 bits per heavy atom. The SMILES string of the molecule is Clc1ccccc1OCc1cocn1. The topological polar surface area (TPSA) is 35.3 Å². The first kappa shape index (κ1) is 9.09. The normalized spacial score (nSPS) is 10.1. The average molecular weight is 210 g/mol. The van der Waals surface area contributed by atoms with Crippen LogP contribution in [0.4, 0.5) is 0 Å². The van der Waals surface area contributed by atoms with Gasteiger partial charge in [0.15, 0.2) is 6.39 Å². The fraction of sp³-hybridized carbons (Fsp3) is 0.100. The summed E-state index contributed by atoms with van der Waals surface area (Å²) in [5, 5.41) is 0.594. The highest BCUT2D eigenvalue weighted by molar-refractivity contribution is 6.32. The van der Waals surface area contributed by atoms with Crippen molar-refractivity contribution in [2.75, 3.05) is 0 Å². The molecule has 0 aliphatic heterocycles. The number of benzene rings is 1. The smallest absolute Gasteiger partial charge is 0.180 e. The number of rotatable bonds is 3. The molecule has 0 bridgehead atoms. The monoisotopic (exact) mass is 209 g/mol. The number of para-hydroxylation sites is 1. The van der Waals surface area contributed by atoms with E-state index in [1.165, 1.54) is 12.7 Å². The average Bonchev–Trinajstić information content (AvgIpc) is 2.69. The van der Waals surface area contributed by atoms with Gasteiger partial charge in [0.1, 0.15) is 24.3 Å². The van der Waals surface area contributed by atoms with Crippen LogP contribution in [-0.4, -0.2) is 4.98 Å². The molecule has 4 heteroatoms. The number of hydrogen-bond acceptors (Lipinski definition) is 3. The molecule has 0 radical (unpaired) electrons. The zero-order valence-corrected chi connectivity index (χ0v) is 8.07. The molecule has 1 aromatic carbocycles. The van der Waals surface area contributed by atoms with Gasteiger partial charge in [-0.25, -0.2) is 4.98 Å². The largest absolute Gasteiger partial charge is 0.486 e. The number of hydrogen-bond donors (Lipinski definition) is 0. The highest BCUT2D eigenvalue weighted by atomic mass is 35.5. The van der Waals surface area contributed by atoms with Crippen LogP contribution in [0.5, 0.6) is 5.75 Å². The molecule has 0 saturated carbocycles. The van der Waals surface area contributed by atoms with Gasteiger partial charge in [-0.15, -0.1) is 0 Å². The van der Waals surface area contributed by atoms with E-state index in [9.17, 15) is 0 Å². The lowest BCUT2D eigenvalue weighted by Gasteiger charge is -2.04. The predicted octanol–water partition coefficient (Wildman–Crippen LogP) is 2.91. The Labute approximate surface area is 86.3 Å². The zero-order valence-electron chi connectivity index (χ0n) is 7.31. The molecular weight excluding hydrogens is 202 g/mol. The Morgan fingerprint density at radius 1 is 1.36 bits per heavy atom. The first-order chi connectivity index (χ1) is 6.86. The molecule has 0 unspecified atom stereocenters. The van der Waals surface area contributed by atoms with Crippen molar-refractivity contribution in [3.05, 3.63) is 47.6 Å². The maximum atomic E-state index is 5.90. The molecule has 2 rings (SSSR count). The van der Waals surface area contributed by atoms with Crippen LogP contribution in [0.1, 0.15) is 5.69 Å². The highest BCUT2D eigenvalue weighted by Gasteiger charge is 2.01. The van der Waals surface area contributed by atoms with Gasteiger partial charge in [0.2, 0.25) is 0 Å². The molecule has 3 nitrogen and oxygen atoms in total. The third-order valence-corrected chi connectivity index (χ3v) is 2.01. The Morgan fingerprint density at radius 3 is 2.93 bits per heavy atom. The van der Waals surface area contributed by atoms with Crippen LogP contribution >= 0.6 is 11.6 Å². The van der Waals surface area contributed by atoms with Gasteiger partial charge in [-0.3, -0.25) is 0 Å². The fourth-order valence-corrected chi connectivity index (χ4v) is 1.21. The number of oxazole rings is 1. The van der Waals surface area contributed by atoms with E-state index >= 15 is 0 Å². The van der Waals surface area contributed by atoms with Crippen molar-refractivity contribution in [2.45, 2.75) is 6.61 Å². The van der Waals surface area contributed by atoms with E-state index < -0.39 is 0 Å². The van der Waals surface area contributed by atoms with Gasteiger partial charge in [-0.2, -0.15) is 0 Å². The van der Waals surface area contributed by atoms with E-state index in [1.807, 2.05) is 18.2 Å². The van der Waals surface area contributed by atoms with Crippen molar-refractivity contribution in [2.24, 2.45) is 0 Å².